The number of hydrogen-bond acceptors (Lipinski definition) is 1. The molecular weight excluding hydrogens is 196 g/mol. The molecule has 0 saturated heterocycles. The van der Waals surface area contributed by atoms with Crippen molar-refractivity contribution < 1.29 is 4.79 Å². The second kappa shape index (κ2) is 14.2. The summed E-state index contributed by atoms with van der Waals surface area (Å²) >= 11 is 0. The molecule has 0 aromatic carbocycles. The van der Waals surface area contributed by atoms with Crippen molar-refractivity contribution >= 4 is 6.29 Å². The summed E-state index contributed by atoms with van der Waals surface area (Å²) in [5.41, 5.74) is 0. The second-order valence-electron chi connectivity index (χ2n) is 4.11. The van der Waals surface area contributed by atoms with Crippen LogP contribution in [0.5, 0.6) is 0 Å². The Morgan fingerprint density at radius 1 is 0.688 bits per heavy atom. The first-order valence-electron chi connectivity index (χ1n) is 6.65. The molecule has 0 aliphatic heterocycles. The van der Waals surface area contributed by atoms with Gasteiger partial charge in [0.1, 0.15) is 6.29 Å². The quantitative estimate of drug-likeness (QED) is 0.278. The fraction of sp³-hybridized carbons (Fsp3) is 0.667. The molecule has 0 fully saturated rings. The third-order valence-corrected chi connectivity index (χ3v) is 2.49. The van der Waals surface area contributed by atoms with Crippen LogP contribution in [0.1, 0.15) is 64.7 Å². The molecule has 0 rings (SSSR count). The van der Waals surface area contributed by atoms with Gasteiger partial charge >= 0.3 is 0 Å². The van der Waals surface area contributed by atoms with Gasteiger partial charge in [-0.1, -0.05) is 44.1 Å². The van der Waals surface area contributed by atoms with Gasteiger partial charge in [0.25, 0.3) is 0 Å². The van der Waals surface area contributed by atoms with Crippen LogP contribution in [0.4, 0.5) is 0 Å². The van der Waals surface area contributed by atoms with Crippen LogP contribution in [0.25, 0.3) is 0 Å². The molecule has 1 nitrogen and oxygen atoms in total. The third kappa shape index (κ3) is 13.2. The highest BCUT2D eigenvalue weighted by molar-refractivity contribution is 5.48. The van der Waals surface area contributed by atoms with Crippen molar-refractivity contribution in [1.82, 2.24) is 0 Å². The van der Waals surface area contributed by atoms with Crippen LogP contribution in [-0.4, -0.2) is 6.29 Å². The van der Waals surface area contributed by atoms with E-state index in [0.29, 0.717) is 6.42 Å². The van der Waals surface area contributed by atoms with Crippen LogP contribution in [0.3, 0.4) is 0 Å². The summed E-state index contributed by atoms with van der Waals surface area (Å²) in [7, 11) is 0. The normalized spacial score (nSPS) is 11.6. The predicted molar refractivity (Wildman–Crippen MR) is 71.6 cm³/mol. The minimum Gasteiger partial charge on any atom is -0.303 e. The maximum absolute atomic E-state index is 10.1. The summed E-state index contributed by atoms with van der Waals surface area (Å²) in [6, 6.07) is 0. The van der Waals surface area contributed by atoms with Crippen LogP contribution in [0.15, 0.2) is 24.3 Å². The van der Waals surface area contributed by atoms with E-state index in [1.54, 1.807) is 0 Å². The number of unbranched alkanes of at least 4 members (excludes halogenated alkanes) is 6. The number of hydrogen-bond donors (Lipinski definition) is 0. The lowest BCUT2D eigenvalue weighted by Crippen LogP contribution is -1.74. The van der Waals surface area contributed by atoms with Crippen LogP contribution in [-0.2, 0) is 4.79 Å². The first-order chi connectivity index (χ1) is 7.91. The van der Waals surface area contributed by atoms with E-state index in [1.807, 2.05) is 0 Å². The maximum Gasteiger partial charge on any atom is 0.120 e. The van der Waals surface area contributed by atoms with Crippen molar-refractivity contribution in [1.29, 1.82) is 0 Å². The van der Waals surface area contributed by atoms with E-state index in [-0.39, 0.29) is 0 Å². The molecule has 0 aliphatic rings. The van der Waals surface area contributed by atoms with Gasteiger partial charge in [-0.25, -0.2) is 0 Å². The summed E-state index contributed by atoms with van der Waals surface area (Å²) in [6.07, 6.45) is 20.2. The number of carbonyl (C=O) groups is 1. The summed E-state index contributed by atoms with van der Waals surface area (Å²) in [4.78, 5) is 10.1. The Balaban J connectivity index is 3.13. The topological polar surface area (TPSA) is 17.1 Å². The van der Waals surface area contributed by atoms with Crippen molar-refractivity contribution in [2.24, 2.45) is 0 Å². The number of allylic oxidation sites excluding steroid dienone is 4. The SMILES string of the molecule is CCCC/C=C\CCC/C=C\CCCC=O. The largest absolute Gasteiger partial charge is 0.303 e. The number of aldehydes is 1. The maximum atomic E-state index is 10.1. The average Bonchev–Trinajstić information content (AvgIpc) is 2.31. The van der Waals surface area contributed by atoms with Crippen molar-refractivity contribution in [3.8, 4) is 0 Å². The molecule has 0 aliphatic carbocycles. The monoisotopic (exact) mass is 222 g/mol. The van der Waals surface area contributed by atoms with E-state index >= 15 is 0 Å². The predicted octanol–water partition coefficient (Wildman–Crippen LogP) is 4.83. The van der Waals surface area contributed by atoms with Crippen molar-refractivity contribution in [3.63, 3.8) is 0 Å². The van der Waals surface area contributed by atoms with Gasteiger partial charge in [0.05, 0.1) is 0 Å². The van der Waals surface area contributed by atoms with Gasteiger partial charge in [-0.2, -0.15) is 0 Å². The molecule has 0 aromatic heterocycles. The van der Waals surface area contributed by atoms with Gasteiger partial charge in [0.15, 0.2) is 0 Å². The lowest BCUT2D eigenvalue weighted by molar-refractivity contribution is -0.107. The average molecular weight is 222 g/mol. The second-order valence-corrected chi connectivity index (χ2v) is 4.11. The molecule has 0 unspecified atom stereocenters. The van der Waals surface area contributed by atoms with Crippen molar-refractivity contribution in [3.05, 3.63) is 24.3 Å². The summed E-state index contributed by atoms with van der Waals surface area (Å²) in [5.74, 6) is 0. The standard InChI is InChI=1S/C15H26O/c1-2-3-4-5-6-7-8-9-10-11-12-13-14-15-16/h5-6,10-11,15H,2-4,7-9,12-14H2,1H3/b6-5-,11-10-. The van der Waals surface area contributed by atoms with Crippen LogP contribution < -0.4 is 0 Å². The summed E-state index contributed by atoms with van der Waals surface area (Å²) < 4.78 is 0. The van der Waals surface area contributed by atoms with E-state index in [4.69, 9.17) is 0 Å². The van der Waals surface area contributed by atoms with Gasteiger partial charge in [0, 0.05) is 6.42 Å². The third-order valence-electron chi connectivity index (χ3n) is 2.49. The smallest absolute Gasteiger partial charge is 0.120 e. The molecule has 92 valence electrons. The first-order valence-corrected chi connectivity index (χ1v) is 6.65. The molecule has 0 radical (unpaired) electrons. The van der Waals surface area contributed by atoms with E-state index in [9.17, 15) is 4.79 Å². The fourth-order valence-corrected chi connectivity index (χ4v) is 1.47. The van der Waals surface area contributed by atoms with Gasteiger partial charge in [-0.15, -0.1) is 0 Å². The van der Waals surface area contributed by atoms with Crippen molar-refractivity contribution in [2.45, 2.75) is 64.7 Å². The van der Waals surface area contributed by atoms with Crippen LogP contribution in [0, 0.1) is 0 Å². The molecule has 1 heteroatoms. The van der Waals surface area contributed by atoms with Crippen molar-refractivity contribution in [2.75, 3.05) is 0 Å². The molecule has 0 aromatic rings. The minimum absolute atomic E-state index is 0.699. The van der Waals surface area contributed by atoms with Gasteiger partial charge in [-0.3, -0.25) is 0 Å². The molecule has 0 saturated carbocycles. The van der Waals surface area contributed by atoms with Gasteiger partial charge in [-0.05, 0) is 38.5 Å². The molecule has 0 spiro atoms. The van der Waals surface area contributed by atoms with E-state index < -0.39 is 0 Å². The lowest BCUT2D eigenvalue weighted by Gasteiger charge is -1.92. The first kappa shape index (κ1) is 15.2. The fourth-order valence-electron chi connectivity index (χ4n) is 1.47. The molecule has 0 N–H and O–H groups in total. The molecule has 0 bridgehead atoms. The summed E-state index contributed by atoms with van der Waals surface area (Å²) in [5, 5.41) is 0. The highest BCUT2D eigenvalue weighted by atomic mass is 16.1. The zero-order valence-electron chi connectivity index (χ0n) is 10.7. The van der Waals surface area contributed by atoms with Gasteiger partial charge in [0.2, 0.25) is 0 Å². The van der Waals surface area contributed by atoms with E-state index in [0.717, 1.165) is 19.1 Å². The van der Waals surface area contributed by atoms with Crippen LogP contribution in [0.2, 0.25) is 0 Å². The Morgan fingerprint density at radius 3 is 1.56 bits per heavy atom. The Morgan fingerprint density at radius 2 is 1.12 bits per heavy atom. The Kier molecular flexibility index (Phi) is 13.4. The highest BCUT2D eigenvalue weighted by Gasteiger charge is 1.83. The lowest BCUT2D eigenvalue weighted by atomic mass is 10.1. The van der Waals surface area contributed by atoms with Crippen LogP contribution >= 0.6 is 0 Å². The van der Waals surface area contributed by atoms with Gasteiger partial charge < -0.3 is 4.79 Å². The van der Waals surface area contributed by atoms with E-state index in [2.05, 4.69) is 31.2 Å². The van der Waals surface area contributed by atoms with E-state index in [1.165, 1.54) is 38.5 Å². The molecular formula is C15H26O. The molecule has 0 atom stereocenters. The zero-order valence-corrected chi connectivity index (χ0v) is 10.7. The summed E-state index contributed by atoms with van der Waals surface area (Å²) in [6.45, 7) is 2.23. The molecule has 0 heterocycles. The minimum atomic E-state index is 0.699. The zero-order chi connectivity index (χ0) is 11.9. The highest BCUT2D eigenvalue weighted by Crippen LogP contribution is 2.02. The molecule has 16 heavy (non-hydrogen) atoms. The molecule has 0 amide bonds. The Hall–Kier alpha value is -0.850. The number of carbonyl (C=O) groups excluding carboxylic acids is 1. The Labute approximate surface area is 101 Å². The number of rotatable bonds is 11. The Bertz CT molecular complexity index is 192.